The van der Waals surface area contributed by atoms with Gasteiger partial charge in [-0.1, -0.05) is 42.5 Å². The van der Waals surface area contributed by atoms with Gasteiger partial charge in [-0.15, -0.1) is 0 Å². The second-order valence-corrected chi connectivity index (χ2v) is 4.44. The van der Waals surface area contributed by atoms with E-state index in [0.717, 1.165) is 22.4 Å². The van der Waals surface area contributed by atoms with Gasteiger partial charge in [0, 0.05) is 11.1 Å². The Labute approximate surface area is 122 Å². The van der Waals surface area contributed by atoms with E-state index in [4.69, 9.17) is 10.5 Å². The van der Waals surface area contributed by atoms with E-state index in [-0.39, 0.29) is 5.95 Å². The molecule has 1 aromatic heterocycles. The third-order valence-corrected chi connectivity index (χ3v) is 3.15. The van der Waals surface area contributed by atoms with Crippen LogP contribution in [0.25, 0.3) is 22.5 Å². The lowest BCUT2D eigenvalue weighted by molar-refractivity contribution is 0.416. The molecule has 0 fully saturated rings. The van der Waals surface area contributed by atoms with Crippen LogP contribution in [0.5, 0.6) is 5.75 Å². The molecule has 104 valence electrons. The Bertz CT molecular complexity index is 756. The predicted molar refractivity (Wildman–Crippen MR) is 81.7 cm³/mol. The summed E-state index contributed by atoms with van der Waals surface area (Å²) in [6, 6.07) is 15.8. The van der Waals surface area contributed by atoms with Gasteiger partial charge in [0.25, 0.3) is 0 Å². The molecule has 0 aliphatic rings. The van der Waals surface area contributed by atoms with Crippen molar-refractivity contribution in [2.24, 2.45) is 0 Å². The van der Waals surface area contributed by atoms with Crippen LogP contribution in [0.1, 0.15) is 0 Å². The summed E-state index contributed by atoms with van der Waals surface area (Å²) in [7, 11) is 1.67. The number of nitrogens with two attached hydrogens (primary N) is 1. The minimum atomic E-state index is 0.216. The fourth-order valence-electron chi connectivity index (χ4n) is 2.13. The Morgan fingerprint density at radius 1 is 0.905 bits per heavy atom. The van der Waals surface area contributed by atoms with E-state index in [1.54, 1.807) is 7.11 Å². The second kappa shape index (κ2) is 5.58. The Morgan fingerprint density at radius 2 is 1.62 bits per heavy atom. The molecule has 0 atom stereocenters. The number of aromatic nitrogens is 3. The molecule has 21 heavy (non-hydrogen) atoms. The van der Waals surface area contributed by atoms with E-state index in [2.05, 4.69) is 15.0 Å². The molecule has 3 rings (SSSR count). The number of rotatable bonds is 3. The van der Waals surface area contributed by atoms with Crippen molar-refractivity contribution in [3.8, 4) is 28.3 Å². The van der Waals surface area contributed by atoms with Crippen LogP contribution in [0.2, 0.25) is 0 Å². The van der Waals surface area contributed by atoms with E-state index in [9.17, 15) is 0 Å². The highest BCUT2D eigenvalue weighted by atomic mass is 16.5. The molecule has 3 aromatic rings. The standard InChI is InChI=1S/C16H14N4O/c1-21-14-5-3-2-4-13(14)11-6-8-12(9-7-11)15-18-10-19-16(17)20-15/h2-10H,1H3,(H2,17,18,19,20). The SMILES string of the molecule is COc1ccccc1-c1ccc(-c2ncnc(N)n2)cc1. The summed E-state index contributed by atoms with van der Waals surface area (Å²) >= 11 is 0. The monoisotopic (exact) mass is 278 g/mol. The molecule has 0 unspecified atom stereocenters. The number of hydrogen-bond donors (Lipinski definition) is 1. The number of nitrogen functional groups attached to an aromatic ring is 1. The molecular formula is C16H14N4O. The third kappa shape index (κ3) is 2.67. The van der Waals surface area contributed by atoms with Gasteiger partial charge < -0.3 is 10.5 Å². The predicted octanol–water partition coefficient (Wildman–Crippen LogP) is 2.80. The first kappa shape index (κ1) is 13.1. The first-order valence-electron chi connectivity index (χ1n) is 6.46. The summed E-state index contributed by atoms with van der Waals surface area (Å²) in [4.78, 5) is 12.0. The zero-order valence-corrected chi connectivity index (χ0v) is 11.5. The zero-order chi connectivity index (χ0) is 14.7. The number of benzene rings is 2. The largest absolute Gasteiger partial charge is 0.496 e. The minimum absolute atomic E-state index is 0.216. The molecule has 0 aliphatic heterocycles. The van der Waals surface area contributed by atoms with Crippen LogP contribution in [0.3, 0.4) is 0 Å². The molecule has 2 N–H and O–H groups in total. The topological polar surface area (TPSA) is 73.9 Å². The third-order valence-electron chi connectivity index (χ3n) is 3.15. The van der Waals surface area contributed by atoms with Gasteiger partial charge in [-0.25, -0.2) is 9.97 Å². The van der Waals surface area contributed by atoms with Crippen LogP contribution in [0.15, 0.2) is 54.9 Å². The minimum Gasteiger partial charge on any atom is -0.496 e. The molecule has 1 heterocycles. The van der Waals surface area contributed by atoms with Gasteiger partial charge in [-0.2, -0.15) is 4.98 Å². The van der Waals surface area contributed by atoms with Crippen molar-refractivity contribution >= 4 is 5.95 Å². The van der Waals surface area contributed by atoms with Crippen LogP contribution < -0.4 is 10.5 Å². The molecule has 0 amide bonds. The number of methoxy groups -OCH3 is 1. The number of hydrogen-bond acceptors (Lipinski definition) is 5. The van der Waals surface area contributed by atoms with Crippen molar-refractivity contribution in [2.45, 2.75) is 0 Å². The van der Waals surface area contributed by atoms with Crippen LogP contribution >= 0.6 is 0 Å². The number of para-hydroxylation sites is 1. The van der Waals surface area contributed by atoms with E-state index in [1.807, 2.05) is 48.5 Å². The molecule has 2 aromatic carbocycles. The van der Waals surface area contributed by atoms with Crippen molar-refractivity contribution < 1.29 is 4.74 Å². The molecular weight excluding hydrogens is 264 g/mol. The lowest BCUT2D eigenvalue weighted by atomic mass is 10.0. The maximum Gasteiger partial charge on any atom is 0.223 e. The Balaban J connectivity index is 1.98. The highest BCUT2D eigenvalue weighted by Crippen LogP contribution is 2.30. The summed E-state index contributed by atoms with van der Waals surface area (Å²) in [6.45, 7) is 0. The Hall–Kier alpha value is -2.95. The van der Waals surface area contributed by atoms with Gasteiger partial charge in [-0.05, 0) is 11.6 Å². The van der Waals surface area contributed by atoms with Crippen molar-refractivity contribution in [3.05, 3.63) is 54.9 Å². The summed E-state index contributed by atoms with van der Waals surface area (Å²) in [6.07, 6.45) is 1.41. The first-order chi connectivity index (χ1) is 10.3. The molecule has 5 heteroatoms. The molecule has 0 spiro atoms. The van der Waals surface area contributed by atoms with Crippen LogP contribution in [-0.2, 0) is 0 Å². The maximum absolute atomic E-state index is 5.58. The van der Waals surface area contributed by atoms with Gasteiger partial charge in [0.2, 0.25) is 5.95 Å². The Morgan fingerprint density at radius 3 is 2.33 bits per heavy atom. The number of anilines is 1. The summed E-state index contributed by atoms with van der Waals surface area (Å²) in [5.74, 6) is 1.62. The maximum atomic E-state index is 5.58. The van der Waals surface area contributed by atoms with E-state index < -0.39 is 0 Å². The first-order valence-corrected chi connectivity index (χ1v) is 6.46. The van der Waals surface area contributed by atoms with Crippen molar-refractivity contribution in [3.63, 3.8) is 0 Å². The van der Waals surface area contributed by atoms with Crippen molar-refractivity contribution in [2.75, 3.05) is 12.8 Å². The van der Waals surface area contributed by atoms with E-state index in [0.29, 0.717) is 5.82 Å². The number of ether oxygens (including phenoxy) is 1. The van der Waals surface area contributed by atoms with E-state index in [1.165, 1.54) is 6.33 Å². The van der Waals surface area contributed by atoms with Gasteiger partial charge >= 0.3 is 0 Å². The van der Waals surface area contributed by atoms with Gasteiger partial charge in [0.15, 0.2) is 5.82 Å². The summed E-state index contributed by atoms with van der Waals surface area (Å²) in [5.41, 5.74) is 8.58. The Kier molecular flexibility index (Phi) is 3.47. The lowest BCUT2D eigenvalue weighted by Gasteiger charge is -2.08. The summed E-state index contributed by atoms with van der Waals surface area (Å²) in [5, 5.41) is 0. The van der Waals surface area contributed by atoms with Gasteiger partial charge in [-0.3, -0.25) is 0 Å². The fourth-order valence-corrected chi connectivity index (χ4v) is 2.13. The quantitative estimate of drug-likeness (QED) is 0.797. The van der Waals surface area contributed by atoms with Crippen LogP contribution in [-0.4, -0.2) is 22.1 Å². The molecule has 0 saturated carbocycles. The highest BCUT2D eigenvalue weighted by Gasteiger charge is 2.06. The van der Waals surface area contributed by atoms with Crippen LogP contribution in [0.4, 0.5) is 5.95 Å². The highest BCUT2D eigenvalue weighted by molar-refractivity contribution is 5.72. The zero-order valence-electron chi connectivity index (χ0n) is 11.5. The molecule has 0 radical (unpaired) electrons. The molecule has 0 aliphatic carbocycles. The van der Waals surface area contributed by atoms with E-state index >= 15 is 0 Å². The summed E-state index contributed by atoms with van der Waals surface area (Å²) < 4.78 is 5.38. The number of nitrogens with zero attached hydrogens (tertiary/aromatic N) is 3. The van der Waals surface area contributed by atoms with Crippen LogP contribution in [0, 0.1) is 0 Å². The average molecular weight is 278 g/mol. The second-order valence-electron chi connectivity index (χ2n) is 4.44. The fraction of sp³-hybridized carbons (Fsp3) is 0.0625. The van der Waals surface area contributed by atoms with Crippen molar-refractivity contribution in [1.82, 2.24) is 15.0 Å². The normalized spacial score (nSPS) is 10.3. The molecule has 5 nitrogen and oxygen atoms in total. The van der Waals surface area contributed by atoms with Crippen molar-refractivity contribution in [1.29, 1.82) is 0 Å². The molecule has 0 saturated heterocycles. The van der Waals surface area contributed by atoms with Gasteiger partial charge in [0.05, 0.1) is 7.11 Å². The van der Waals surface area contributed by atoms with Gasteiger partial charge in [0.1, 0.15) is 12.1 Å². The molecule has 0 bridgehead atoms. The average Bonchev–Trinajstić information content (AvgIpc) is 2.55. The smallest absolute Gasteiger partial charge is 0.223 e. The lowest BCUT2D eigenvalue weighted by Crippen LogP contribution is -1.98.